The first-order chi connectivity index (χ1) is 12.1. The summed E-state index contributed by atoms with van der Waals surface area (Å²) < 4.78 is 0. The number of phenolic OH excluding ortho intramolecular Hbond substituents is 1. The molecule has 0 unspecified atom stereocenters. The van der Waals surface area contributed by atoms with E-state index < -0.39 is 0 Å². The molecule has 0 aliphatic carbocycles. The van der Waals surface area contributed by atoms with Gasteiger partial charge < -0.3 is 10.0 Å². The zero-order chi connectivity index (χ0) is 17.6. The number of aromatic nitrogens is 1. The minimum absolute atomic E-state index is 0.0993. The van der Waals surface area contributed by atoms with Crippen LogP contribution in [0.15, 0.2) is 48.8 Å². The molecule has 0 radical (unpaired) electrons. The fourth-order valence-electron chi connectivity index (χ4n) is 3.41. The summed E-state index contributed by atoms with van der Waals surface area (Å²) in [5.74, 6) is 0.358. The maximum absolute atomic E-state index is 13.0. The fraction of sp³-hybridized carbons (Fsp3) is 0.400. The topological polar surface area (TPSA) is 56.7 Å². The summed E-state index contributed by atoms with van der Waals surface area (Å²) in [6.45, 7) is 2.12. The molecule has 1 fully saturated rings. The first-order valence-corrected chi connectivity index (χ1v) is 8.80. The molecular formula is C20H25N3O2. The summed E-state index contributed by atoms with van der Waals surface area (Å²) in [5.41, 5.74) is 1.95. The number of hydrogen-bond donors (Lipinski definition) is 1. The average molecular weight is 339 g/mol. The zero-order valence-electron chi connectivity index (χ0n) is 14.6. The standard InChI is InChI=1S/C20H25N3O2/c1-22(15-17-6-2-3-8-19(17)24)20(25)18-7-4-5-13-23(18)14-16-9-11-21-12-10-16/h2-3,6,8-12,18,24H,4-5,7,13-15H2,1H3/t18-/m1/s1. The van der Waals surface area contributed by atoms with Crippen LogP contribution in [0.3, 0.4) is 0 Å². The summed E-state index contributed by atoms with van der Waals surface area (Å²) >= 11 is 0. The quantitative estimate of drug-likeness (QED) is 0.910. The molecule has 5 nitrogen and oxygen atoms in total. The molecule has 1 aliphatic heterocycles. The summed E-state index contributed by atoms with van der Waals surface area (Å²) in [5, 5.41) is 9.94. The van der Waals surface area contributed by atoms with Crippen LogP contribution in [0, 0.1) is 0 Å². The van der Waals surface area contributed by atoms with Crippen LogP contribution < -0.4 is 0 Å². The van der Waals surface area contributed by atoms with Gasteiger partial charge in [0.05, 0.1) is 6.04 Å². The van der Waals surface area contributed by atoms with Crippen LogP contribution in [0.25, 0.3) is 0 Å². The second kappa shape index (κ2) is 8.12. The summed E-state index contributed by atoms with van der Waals surface area (Å²) in [7, 11) is 1.81. The maximum atomic E-state index is 13.0. The smallest absolute Gasteiger partial charge is 0.239 e. The average Bonchev–Trinajstić information content (AvgIpc) is 2.64. The summed E-state index contributed by atoms with van der Waals surface area (Å²) in [6, 6.07) is 11.1. The lowest BCUT2D eigenvalue weighted by atomic mass is 10.00. The Hall–Kier alpha value is -2.40. The van der Waals surface area contributed by atoms with Crippen LogP contribution in [0.5, 0.6) is 5.75 Å². The number of carbonyl (C=O) groups excluding carboxylic acids is 1. The highest BCUT2D eigenvalue weighted by atomic mass is 16.3. The number of phenols is 1. The Bertz CT molecular complexity index is 705. The molecular weight excluding hydrogens is 314 g/mol. The number of likely N-dealkylation sites (tertiary alicyclic amines) is 1. The Morgan fingerprint density at radius 1 is 1.24 bits per heavy atom. The zero-order valence-corrected chi connectivity index (χ0v) is 14.6. The van der Waals surface area contributed by atoms with E-state index in [9.17, 15) is 9.90 Å². The van der Waals surface area contributed by atoms with E-state index in [-0.39, 0.29) is 17.7 Å². The van der Waals surface area contributed by atoms with Gasteiger partial charge in [-0.05, 0) is 43.1 Å². The van der Waals surface area contributed by atoms with Gasteiger partial charge in [-0.2, -0.15) is 0 Å². The highest BCUT2D eigenvalue weighted by Crippen LogP contribution is 2.23. The second-order valence-corrected chi connectivity index (χ2v) is 6.66. The number of carbonyl (C=O) groups is 1. The number of nitrogens with zero attached hydrogens (tertiary/aromatic N) is 3. The van der Waals surface area contributed by atoms with Crippen molar-refractivity contribution in [3.63, 3.8) is 0 Å². The van der Waals surface area contributed by atoms with Crippen molar-refractivity contribution in [2.24, 2.45) is 0 Å². The molecule has 1 saturated heterocycles. The van der Waals surface area contributed by atoms with Crippen molar-refractivity contribution in [1.29, 1.82) is 0 Å². The third-order valence-corrected chi connectivity index (χ3v) is 4.81. The molecule has 1 aliphatic rings. The van der Waals surface area contributed by atoms with Crippen molar-refractivity contribution in [3.05, 3.63) is 59.9 Å². The lowest BCUT2D eigenvalue weighted by Gasteiger charge is -2.36. The second-order valence-electron chi connectivity index (χ2n) is 6.66. The Labute approximate surface area is 148 Å². The first kappa shape index (κ1) is 17.4. The highest BCUT2D eigenvalue weighted by molar-refractivity contribution is 5.81. The molecule has 0 saturated carbocycles. The predicted molar refractivity (Wildman–Crippen MR) is 96.9 cm³/mol. The number of pyridine rings is 1. The van der Waals surface area contributed by atoms with Gasteiger partial charge in [0.1, 0.15) is 5.75 Å². The van der Waals surface area contributed by atoms with Gasteiger partial charge in [0, 0.05) is 38.1 Å². The number of amides is 1. The summed E-state index contributed by atoms with van der Waals surface area (Å²) in [4.78, 5) is 21.1. The maximum Gasteiger partial charge on any atom is 0.239 e. The Balaban J connectivity index is 1.68. The number of likely N-dealkylation sites (N-methyl/N-ethyl adjacent to an activating group) is 1. The van der Waals surface area contributed by atoms with Crippen LogP contribution in [0.2, 0.25) is 0 Å². The number of hydrogen-bond acceptors (Lipinski definition) is 4. The van der Waals surface area contributed by atoms with Gasteiger partial charge >= 0.3 is 0 Å². The molecule has 1 aromatic carbocycles. The van der Waals surface area contributed by atoms with Gasteiger partial charge in [-0.25, -0.2) is 0 Å². The van der Waals surface area contributed by atoms with E-state index in [1.165, 1.54) is 5.56 Å². The van der Waals surface area contributed by atoms with Gasteiger partial charge in [-0.1, -0.05) is 24.6 Å². The normalized spacial score (nSPS) is 18.0. The lowest BCUT2D eigenvalue weighted by Crippen LogP contribution is -2.49. The van der Waals surface area contributed by atoms with E-state index in [4.69, 9.17) is 0 Å². The van der Waals surface area contributed by atoms with Gasteiger partial charge in [-0.3, -0.25) is 14.7 Å². The predicted octanol–water partition coefficient (Wildman–Crippen LogP) is 2.80. The lowest BCUT2D eigenvalue weighted by molar-refractivity contribution is -0.137. The van der Waals surface area contributed by atoms with Crippen LogP contribution in [-0.4, -0.2) is 45.4 Å². The third-order valence-electron chi connectivity index (χ3n) is 4.81. The molecule has 2 heterocycles. The van der Waals surface area contributed by atoms with E-state index in [0.29, 0.717) is 6.54 Å². The minimum atomic E-state index is -0.0993. The third kappa shape index (κ3) is 4.37. The van der Waals surface area contributed by atoms with Crippen LogP contribution in [0.4, 0.5) is 0 Å². The Kier molecular flexibility index (Phi) is 5.66. The number of benzene rings is 1. The van der Waals surface area contributed by atoms with Gasteiger partial charge in [0.25, 0.3) is 0 Å². The van der Waals surface area contributed by atoms with Crippen molar-refractivity contribution in [2.75, 3.05) is 13.6 Å². The molecule has 0 spiro atoms. The molecule has 1 amide bonds. The van der Waals surface area contributed by atoms with Gasteiger partial charge in [0.15, 0.2) is 0 Å². The first-order valence-electron chi connectivity index (χ1n) is 8.80. The van der Waals surface area contributed by atoms with Crippen molar-refractivity contribution >= 4 is 5.91 Å². The largest absolute Gasteiger partial charge is 0.508 e. The van der Waals surface area contributed by atoms with E-state index >= 15 is 0 Å². The Morgan fingerprint density at radius 3 is 2.76 bits per heavy atom. The fourth-order valence-corrected chi connectivity index (χ4v) is 3.41. The highest BCUT2D eigenvalue weighted by Gasteiger charge is 2.30. The van der Waals surface area contributed by atoms with Crippen molar-refractivity contribution in [1.82, 2.24) is 14.8 Å². The minimum Gasteiger partial charge on any atom is -0.508 e. The molecule has 3 rings (SSSR count). The molecule has 1 N–H and O–H groups in total. The van der Waals surface area contributed by atoms with E-state index in [1.54, 1.807) is 29.4 Å². The van der Waals surface area contributed by atoms with Crippen LogP contribution >= 0.6 is 0 Å². The number of para-hydroxylation sites is 1. The van der Waals surface area contributed by atoms with E-state index in [2.05, 4.69) is 9.88 Å². The Morgan fingerprint density at radius 2 is 2.00 bits per heavy atom. The van der Waals surface area contributed by atoms with E-state index in [0.717, 1.165) is 37.9 Å². The molecule has 0 bridgehead atoms. The van der Waals surface area contributed by atoms with Gasteiger partial charge in [0.2, 0.25) is 5.91 Å². The number of aromatic hydroxyl groups is 1. The molecule has 25 heavy (non-hydrogen) atoms. The molecule has 1 aromatic heterocycles. The van der Waals surface area contributed by atoms with Crippen molar-refractivity contribution in [3.8, 4) is 5.75 Å². The number of rotatable bonds is 5. The van der Waals surface area contributed by atoms with Crippen LogP contribution in [0.1, 0.15) is 30.4 Å². The van der Waals surface area contributed by atoms with Crippen molar-refractivity contribution < 1.29 is 9.90 Å². The summed E-state index contributed by atoms with van der Waals surface area (Å²) in [6.07, 6.45) is 6.67. The van der Waals surface area contributed by atoms with Gasteiger partial charge in [-0.15, -0.1) is 0 Å². The molecule has 132 valence electrons. The number of piperidine rings is 1. The molecule has 5 heteroatoms. The SMILES string of the molecule is CN(Cc1ccccc1O)C(=O)[C@H]1CCCCN1Cc1ccncc1. The monoisotopic (exact) mass is 339 g/mol. The van der Waals surface area contributed by atoms with E-state index in [1.807, 2.05) is 31.3 Å². The molecule has 1 atom stereocenters. The molecule has 2 aromatic rings. The van der Waals surface area contributed by atoms with Crippen LogP contribution in [-0.2, 0) is 17.9 Å². The van der Waals surface area contributed by atoms with Crippen molar-refractivity contribution in [2.45, 2.75) is 38.4 Å².